The molecular weight excluding hydrogens is 319 g/mol. The Labute approximate surface area is 140 Å². The second-order valence-electron chi connectivity index (χ2n) is 5.38. The van der Waals surface area contributed by atoms with Crippen molar-refractivity contribution in [2.75, 3.05) is 26.2 Å². The van der Waals surface area contributed by atoms with Gasteiger partial charge in [-0.2, -0.15) is 0 Å². The molecule has 1 aliphatic heterocycles. The van der Waals surface area contributed by atoms with Gasteiger partial charge in [0.25, 0.3) is 0 Å². The maximum absolute atomic E-state index is 6.23. The van der Waals surface area contributed by atoms with Crippen LogP contribution in [0.4, 0.5) is 0 Å². The van der Waals surface area contributed by atoms with Crippen LogP contribution < -0.4 is 10.1 Å². The molecule has 3 rings (SSSR count). The van der Waals surface area contributed by atoms with E-state index in [9.17, 15) is 0 Å². The van der Waals surface area contributed by atoms with Crippen molar-refractivity contribution in [1.29, 1.82) is 0 Å². The zero-order valence-corrected chi connectivity index (χ0v) is 13.7. The number of nitrogens with zero attached hydrogens (tertiary/aromatic N) is 1. The first-order valence-corrected chi connectivity index (χ1v) is 8.10. The number of halogens is 2. The smallest absolute Gasteiger partial charge is 0.129 e. The molecule has 0 saturated carbocycles. The van der Waals surface area contributed by atoms with Crippen molar-refractivity contribution in [2.24, 2.45) is 0 Å². The fraction of sp³-hybridized carbons (Fsp3) is 0.294. The SMILES string of the molecule is Clc1ccc(Oc2cc(Cl)cc(CN3CCNCC3)c2)cc1. The molecular formula is C17H18Cl2N2O. The second-order valence-corrected chi connectivity index (χ2v) is 6.25. The van der Waals surface area contributed by atoms with Gasteiger partial charge in [0, 0.05) is 42.8 Å². The van der Waals surface area contributed by atoms with Crippen LogP contribution in [0.5, 0.6) is 11.5 Å². The van der Waals surface area contributed by atoms with Crippen LogP contribution in [0.25, 0.3) is 0 Å². The number of rotatable bonds is 4. The molecule has 116 valence electrons. The molecule has 5 heteroatoms. The van der Waals surface area contributed by atoms with Crippen LogP contribution in [0.2, 0.25) is 10.0 Å². The fourth-order valence-electron chi connectivity index (χ4n) is 2.54. The molecule has 1 saturated heterocycles. The lowest BCUT2D eigenvalue weighted by molar-refractivity contribution is 0.233. The first-order chi connectivity index (χ1) is 10.7. The maximum atomic E-state index is 6.23. The maximum Gasteiger partial charge on any atom is 0.129 e. The van der Waals surface area contributed by atoms with Gasteiger partial charge in [-0.15, -0.1) is 0 Å². The van der Waals surface area contributed by atoms with Gasteiger partial charge >= 0.3 is 0 Å². The summed E-state index contributed by atoms with van der Waals surface area (Å²) < 4.78 is 5.87. The zero-order valence-electron chi connectivity index (χ0n) is 12.2. The molecule has 0 unspecified atom stereocenters. The van der Waals surface area contributed by atoms with Crippen LogP contribution in [-0.4, -0.2) is 31.1 Å². The highest BCUT2D eigenvalue weighted by Crippen LogP contribution is 2.27. The highest BCUT2D eigenvalue weighted by Gasteiger charge is 2.11. The monoisotopic (exact) mass is 336 g/mol. The topological polar surface area (TPSA) is 24.5 Å². The molecule has 3 nitrogen and oxygen atoms in total. The normalized spacial score (nSPS) is 15.7. The summed E-state index contributed by atoms with van der Waals surface area (Å²) in [6, 6.07) is 13.2. The molecule has 0 aromatic heterocycles. The van der Waals surface area contributed by atoms with Gasteiger partial charge in [-0.05, 0) is 48.0 Å². The number of nitrogens with one attached hydrogen (secondary N) is 1. The number of ether oxygens (including phenoxy) is 1. The molecule has 2 aromatic carbocycles. The van der Waals surface area contributed by atoms with Crippen molar-refractivity contribution in [3.05, 3.63) is 58.1 Å². The Morgan fingerprint density at radius 3 is 2.36 bits per heavy atom. The summed E-state index contributed by atoms with van der Waals surface area (Å²) in [5.74, 6) is 1.50. The predicted octanol–water partition coefficient (Wildman–Crippen LogP) is 4.19. The van der Waals surface area contributed by atoms with Gasteiger partial charge in [0.05, 0.1) is 0 Å². The molecule has 1 aliphatic rings. The van der Waals surface area contributed by atoms with E-state index in [0.717, 1.165) is 44.2 Å². The minimum atomic E-state index is 0.691. The summed E-state index contributed by atoms with van der Waals surface area (Å²) in [7, 11) is 0. The van der Waals surface area contributed by atoms with E-state index in [1.807, 2.05) is 42.5 Å². The average Bonchev–Trinajstić information content (AvgIpc) is 2.50. The molecule has 0 bridgehead atoms. The summed E-state index contributed by atoms with van der Waals surface area (Å²) in [6.07, 6.45) is 0. The van der Waals surface area contributed by atoms with Crippen LogP contribution in [0.3, 0.4) is 0 Å². The Bertz CT molecular complexity index is 625. The lowest BCUT2D eigenvalue weighted by atomic mass is 10.2. The van der Waals surface area contributed by atoms with E-state index in [0.29, 0.717) is 10.0 Å². The van der Waals surface area contributed by atoms with E-state index in [4.69, 9.17) is 27.9 Å². The average molecular weight is 337 g/mol. The Morgan fingerprint density at radius 2 is 1.64 bits per heavy atom. The lowest BCUT2D eigenvalue weighted by Gasteiger charge is -2.27. The van der Waals surface area contributed by atoms with Crippen molar-refractivity contribution in [3.8, 4) is 11.5 Å². The summed E-state index contributed by atoms with van der Waals surface area (Å²) in [4.78, 5) is 2.41. The van der Waals surface area contributed by atoms with Crippen LogP contribution in [-0.2, 0) is 6.54 Å². The van der Waals surface area contributed by atoms with Gasteiger partial charge in [0.1, 0.15) is 11.5 Å². The Balaban J connectivity index is 1.72. The van der Waals surface area contributed by atoms with E-state index in [2.05, 4.69) is 10.2 Å². The first-order valence-electron chi connectivity index (χ1n) is 7.35. The highest BCUT2D eigenvalue weighted by molar-refractivity contribution is 6.31. The Morgan fingerprint density at radius 1 is 0.909 bits per heavy atom. The van der Waals surface area contributed by atoms with Crippen molar-refractivity contribution >= 4 is 23.2 Å². The quantitative estimate of drug-likeness (QED) is 0.905. The van der Waals surface area contributed by atoms with Crippen molar-refractivity contribution < 1.29 is 4.74 Å². The Kier molecular flexibility index (Phi) is 5.21. The van der Waals surface area contributed by atoms with Gasteiger partial charge in [-0.1, -0.05) is 23.2 Å². The predicted molar refractivity (Wildman–Crippen MR) is 91.1 cm³/mol. The minimum Gasteiger partial charge on any atom is -0.457 e. The largest absolute Gasteiger partial charge is 0.457 e. The molecule has 1 fully saturated rings. The lowest BCUT2D eigenvalue weighted by Crippen LogP contribution is -2.42. The molecule has 0 spiro atoms. The van der Waals surface area contributed by atoms with E-state index in [1.165, 1.54) is 5.56 Å². The summed E-state index contributed by atoms with van der Waals surface area (Å²) in [6.45, 7) is 5.07. The second kappa shape index (κ2) is 7.34. The third-order valence-corrected chi connectivity index (χ3v) is 4.07. The molecule has 0 amide bonds. The van der Waals surface area contributed by atoms with Gasteiger partial charge in [-0.25, -0.2) is 0 Å². The molecule has 0 atom stereocenters. The van der Waals surface area contributed by atoms with Crippen molar-refractivity contribution in [1.82, 2.24) is 10.2 Å². The molecule has 0 radical (unpaired) electrons. The van der Waals surface area contributed by atoms with Gasteiger partial charge in [0.2, 0.25) is 0 Å². The van der Waals surface area contributed by atoms with E-state index >= 15 is 0 Å². The van der Waals surface area contributed by atoms with Gasteiger partial charge in [-0.3, -0.25) is 4.90 Å². The van der Waals surface area contributed by atoms with Crippen LogP contribution in [0.1, 0.15) is 5.56 Å². The van der Waals surface area contributed by atoms with E-state index in [1.54, 1.807) is 0 Å². The van der Waals surface area contributed by atoms with Crippen molar-refractivity contribution in [3.63, 3.8) is 0 Å². The minimum absolute atomic E-state index is 0.691. The van der Waals surface area contributed by atoms with Crippen LogP contribution in [0, 0.1) is 0 Å². The zero-order chi connectivity index (χ0) is 15.4. The molecule has 2 aromatic rings. The van der Waals surface area contributed by atoms with Crippen LogP contribution >= 0.6 is 23.2 Å². The highest BCUT2D eigenvalue weighted by atomic mass is 35.5. The first kappa shape index (κ1) is 15.6. The number of piperazine rings is 1. The summed E-state index contributed by atoms with van der Waals surface area (Å²) in [5, 5.41) is 4.74. The van der Waals surface area contributed by atoms with Gasteiger partial charge in [0.15, 0.2) is 0 Å². The standard InChI is InChI=1S/C17H18Cl2N2O/c18-14-1-3-16(4-2-14)22-17-10-13(9-15(19)11-17)12-21-7-5-20-6-8-21/h1-4,9-11,20H,5-8,12H2. The third-order valence-electron chi connectivity index (χ3n) is 3.60. The van der Waals surface area contributed by atoms with E-state index < -0.39 is 0 Å². The number of hydrogen-bond donors (Lipinski definition) is 1. The van der Waals surface area contributed by atoms with Gasteiger partial charge < -0.3 is 10.1 Å². The summed E-state index contributed by atoms with van der Waals surface area (Å²) in [5.41, 5.74) is 1.17. The van der Waals surface area contributed by atoms with Crippen molar-refractivity contribution in [2.45, 2.75) is 6.54 Å². The fourth-order valence-corrected chi connectivity index (χ4v) is 2.91. The molecule has 22 heavy (non-hydrogen) atoms. The summed E-state index contributed by atoms with van der Waals surface area (Å²) >= 11 is 12.1. The molecule has 1 heterocycles. The number of hydrogen-bond acceptors (Lipinski definition) is 3. The molecule has 1 N–H and O–H groups in total. The Hall–Kier alpha value is -1.26. The van der Waals surface area contributed by atoms with Crippen LogP contribution in [0.15, 0.2) is 42.5 Å². The van der Waals surface area contributed by atoms with E-state index in [-0.39, 0.29) is 0 Å². The molecule has 0 aliphatic carbocycles. The number of benzene rings is 2. The third kappa shape index (κ3) is 4.37.